The van der Waals surface area contributed by atoms with E-state index in [2.05, 4.69) is 61.9 Å². The zero-order valence-corrected chi connectivity index (χ0v) is 19.8. The maximum atomic E-state index is 5.90. The average molecular weight is 411 g/mol. The van der Waals surface area contributed by atoms with Crippen molar-refractivity contribution in [2.45, 2.75) is 98.3 Å². The summed E-state index contributed by atoms with van der Waals surface area (Å²) in [5.41, 5.74) is 2.64. The van der Waals surface area contributed by atoms with Gasteiger partial charge in [0.2, 0.25) is 0 Å². The highest BCUT2D eigenvalue weighted by Crippen LogP contribution is 2.23. The summed E-state index contributed by atoms with van der Waals surface area (Å²) in [5.74, 6) is 1.90. The molecule has 30 heavy (non-hydrogen) atoms. The summed E-state index contributed by atoms with van der Waals surface area (Å²) < 4.78 is 5.90. The van der Waals surface area contributed by atoms with Crippen molar-refractivity contribution in [1.82, 2.24) is 9.97 Å². The van der Waals surface area contributed by atoms with Gasteiger partial charge in [-0.05, 0) is 42.4 Å². The lowest BCUT2D eigenvalue weighted by Crippen LogP contribution is -2.04. The molecule has 0 saturated carbocycles. The monoisotopic (exact) mass is 410 g/mol. The van der Waals surface area contributed by atoms with Gasteiger partial charge in [0.05, 0.1) is 6.61 Å². The largest absolute Gasteiger partial charge is 0.494 e. The Hall–Kier alpha value is -1.90. The van der Waals surface area contributed by atoms with Crippen molar-refractivity contribution in [3.05, 3.63) is 42.5 Å². The molecule has 0 bridgehead atoms. The van der Waals surface area contributed by atoms with Crippen LogP contribution in [0.25, 0.3) is 11.1 Å². The normalized spacial score (nSPS) is 11.6. The second-order valence-corrected chi connectivity index (χ2v) is 9.65. The van der Waals surface area contributed by atoms with Crippen molar-refractivity contribution in [3.63, 3.8) is 0 Å². The lowest BCUT2D eigenvalue weighted by atomic mass is 9.89. The zero-order chi connectivity index (χ0) is 21.7. The summed E-state index contributed by atoms with van der Waals surface area (Å²) in [5, 5.41) is 0. The summed E-state index contributed by atoms with van der Waals surface area (Å²) in [6.45, 7) is 9.96. The molecule has 1 aromatic heterocycles. The van der Waals surface area contributed by atoms with Gasteiger partial charge >= 0.3 is 0 Å². The molecule has 2 aromatic rings. The van der Waals surface area contributed by atoms with Crippen LogP contribution >= 0.6 is 0 Å². The summed E-state index contributed by atoms with van der Waals surface area (Å²) in [6, 6.07) is 8.30. The van der Waals surface area contributed by atoms with Crippen LogP contribution in [-0.2, 0) is 6.42 Å². The molecule has 0 aliphatic carbocycles. The molecule has 1 heterocycles. The highest BCUT2D eigenvalue weighted by Gasteiger charge is 2.08. The van der Waals surface area contributed by atoms with Crippen LogP contribution < -0.4 is 4.74 Å². The lowest BCUT2D eigenvalue weighted by Gasteiger charge is -2.17. The molecule has 166 valence electrons. The molecule has 0 N–H and O–H groups in total. The van der Waals surface area contributed by atoms with Crippen molar-refractivity contribution in [3.8, 4) is 16.9 Å². The van der Waals surface area contributed by atoms with Gasteiger partial charge in [0, 0.05) is 24.4 Å². The first-order chi connectivity index (χ1) is 14.5. The third kappa shape index (κ3) is 10.2. The predicted molar refractivity (Wildman–Crippen MR) is 128 cm³/mol. The van der Waals surface area contributed by atoms with E-state index in [1.54, 1.807) is 0 Å². The standard InChI is InChI=1S/C27H42N2O/c1-5-6-7-8-9-11-14-26-28-21-24(22-29-26)23-15-17-25(18-16-23)30-20-13-10-12-19-27(2,3)4/h15-18,21-22H,5-14,19-20H2,1-4H3. The van der Waals surface area contributed by atoms with Gasteiger partial charge in [-0.3, -0.25) is 0 Å². The molecule has 0 fully saturated rings. The molecule has 0 spiro atoms. The number of rotatable bonds is 14. The second kappa shape index (κ2) is 13.4. The summed E-state index contributed by atoms with van der Waals surface area (Å²) >= 11 is 0. The maximum Gasteiger partial charge on any atom is 0.128 e. The van der Waals surface area contributed by atoms with E-state index in [1.165, 1.54) is 57.8 Å². The summed E-state index contributed by atoms with van der Waals surface area (Å²) in [4.78, 5) is 9.13. The molecule has 3 nitrogen and oxygen atoms in total. The van der Waals surface area contributed by atoms with Crippen molar-refractivity contribution in [2.75, 3.05) is 6.61 Å². The van der Waals surface area contributed by atoms with Crippen LogP contribution in [0.5, 0.6) is 5.75 Å². The van der Waals surface area contributed by atoms with Crippen LogP contribution in [0.3, 0.4) is 0 Å². The van der Waals surface area contributed by atoms with Crippen LogP contribution in [0.2, 0.25) is 0 Å². The van der Waals surface area contributed by atoms with Gasteiger partial charge in [0.25, 0.3) is 0 Å². The summed E-state index contributed by atoms with van der Waals surface area (Å²) in [7, 11) is 0. The van der Waals surface area contributed by atoms with Gasteiger partial charge in [-0.1, -0.05) is 84.8 Å². The Morgan fingerprint density at radius 2 is 1.37 bits per heavy atom. The number of hydrogen-bond acceptors (Lipinski definition) is 3. The van der Waals surface area contributed by atoms with E-state index in [9.17, 15) is 0 Å². The minimum atomic E-state index is 0.437. The van der Waals surface area contributed by atoms with Gasteiger partial charge in [0.1, 0.15) is 11.6 Å². The third-order valence-electron chi connectivity index (χ3n) is 5.49. The van der Waals surface area contributed by atoms with Crippen molar-refractivity contribution in [1.29, 1.82) is 0 Å². The Labute approximate surface area is 184 Å². The molecule has 0 atom stereocenters. The fraction of sp³-hybridized carbons (Fsp3) is 0.630. The molecule has 0 aliphatic heterocycles. The minimum absolute atomic E-state index is 0.437. The Balaban J connectivity index is 1.68. The molecular weight excluding hydrogens is 368 g/mol. The number of unbranched alkanes of at least 4 members (excludes halogenated alkanes) is 7. The SMILES string of the molecule is CCCCCCCCc1ncc(-c2ccc(OCCCCCC(C)(C)C)cc2)cn1. The number of benzene rings is 1. The lowest BCUT2D eigenvalue weighted by molar-refractivity contribution is 0.294. The highest BCUT2D eigenvalue weighted by molar-refractivity contribution is 5.62. The van der Waals surface area contributed by atoms with Crippen LogP contribution in [0.15, 0.2) is 36.7 Å². The first kappa shape index (κ1) is 24.4. The number of ether oxygens (including phenoxy) is 1. The van der Waals surface area contributed by atoms with Crippen LogP contribution in [0.4, 0.5) is 0 Å². The molecule has 3 heteroatoms. The van der Waals surface area contributed by atoms with Gasteiger partial charge in [0.15, 0.2) is 0 Å². The van der Waals surface area contributed by atoms with E-state index in [1.807, 2.05) is 12.4 Å². The topological polar surface area (TPSA) is 35.0 Å². The second-order valence-electron chi connectivity index (χ2n) is 9.65. The zero-order valence-electron chi connectivity index (χ0n) is 19.8. The minimum Gasteiger partial charge on any atom is -0.494 e. The fourth-order valence-electron chi connectivity index (χ4n) is 3.56. The Morgan fingerprint density at radius 1 is 0.733 bits per heavy atom. The molecule has 0 radical (unpaired) electrons. The van der Waals surface area contributed by atoms with E-state index >= 15 is 0 Å². The number of aromatic nitrogens is 2. The van der Waals surface area contributed by atoms with Gasteiger partial charge in [-0.25, -0.2) is 9.97 Å². The predicted octanol–water partition coefficient (Wildman–Crippen LogP) is 8.03. The van der Waals surface area contributed by atoms with Gasteiger partial charge < -0.3 is 4.74 Å². The van der Waals surface area contributed by atoms with Gasteiger partial charge in [-0.2, -0.15) is 0 Å². The van der Waals surface area contributed by atoms with Crippen LogP contribution in [0, 0.1) is 5.41 Å². The molecular formula is C27H42N2O. The van der Waals surface area contributed by atoms with Crippen molar-refractivity contribution < 1.29 is 4.74 Å². The van der Waals surface area contributed by atoms with E-state index in [4.69, 9.17) is 4.74 Å². The van der Waals surface area contributed by atoms with Crippen LogP contribution in [-0.4, -0.2) is 16.6 Å². The average Bonchev–Trinajstić information content (AvgIpc) is 2.73. The number of nitrogens with zero attached hydrogens (tertiary/aromatic N) is 2. The van der Waals surface area contributed by atoms with Crippen molar-refractivity contribution in [2.24, 2.45) is 5.41 Å². The molecule has 1 aromatic carbocycles. The molecule has 0 amide bonds. The fourth-order valence-corrected chi connectivity index (χ4v) is 3.56. The van der Waals surface area contributed by atoms with Gasteiger partial charge in [-0.15, -0.1) is 0 Å². The van der Waals surface area contributed by atoms with E-state index in [-0.39, 0.29) is 0 Å². The molecule has 0 aliphatic rings. The first-order valence-electron chi connectivity index (χ1n) is 12.0. The van der Waals surface area contributed by atoms with E-state index in [0.717, 1.165) is 42.1 Å². The van der Waals surface area contributed by atoms with Crippen molar-refractivity contribution >= 4 is 0 Å². The maximum absolute atomic E-state index is 5.90. The number of aryl methyl sites for hydroxylation is 1. The highest BCUT2D eigenvalue weighted by atomic mass is 16.5. The first-order valence-corrected chi connectivity index (χ1v) is 12.0. The number of hydrogen-bond donors (Lipinski definition) is 0. The Morgan fingerprint density at radius 3 is 2.03 bits per heavy atom. The van der Waals surface area contributed by atoms with E-state index in [0.29, 0.717) is 5.41 Å². The Kier molecular flexibility index (Phi) is 10.9. The van der Waals surface area contributed by atoms with Crippen LogP contribution in [0.1, 0.15) is 97.7 Å². The molecule has 2 rings (SSSR count). The molecule has 0 unspecified atom stereocenters. The smallest absolute Gasteiger partial charge is 0.128 e. The third-order valence-corrected chi connectivity index (χ3v) is 5.49. The summed E-state index contributed by atoms with van der Waals surface area (Å²) in [6.07, 6.45) is 17.6. The molecule has 0 saturated heterocycles. The van der Waals surface area contributed by atoms with E-state index < -0.39 is 0 Å². The quantitative estimate of drug-likeness (QED) is 0.296. The Bertz CT molecular complexity index is 686.